The molecule has 0 bridgehead atoms. The van der Waals surface area contributed by atoms with Crippen molar-refractivity contribution < 1.29 is 38.4 Å². The lowest BCUT2D eigenvalue weighted by atomic mass is 10.0. The molecule has 0 amide bonds. The van der Waals surface area contributed by atoms with E-state index in [0.29, 0.717) is 0 Å². The maximum absolute atomic E-state index is 12.1. The van der Waals surface area contributed by atoms with Gasteiger partial charge in [-0.3, -0.25) is 10.1 Å². The minimum atomic E-state index is -1.21. The van der Waals surface area contributed by atoms with Crippen LogP contribution in [0, 0.1) is 17.0 Å². The number of aromatic hydroxyl groups is 1. The van der Waals surface area contributed by atoms with Crippen LogP contribution in [0.1, 0.15) is 23.2 Å². The minimum Gasteiger partial charge on any atom is -0.499 e. The molecule has 0 aliphatic heterocycles. The average Bonchev–Trinajstić information content (AvgIpc) is 3.01. The second kappa shape index (κ2) is 7.46. The number of aryl methyl sites for hydroxylation is 1. The summed E-state index contributed by atoms with van der Waals surface area (Å²) in [5, 5.41) is 25.1. The van der Waals surface area contributed by atoms with Gasteiger partial charge in [0.2, 0.25) is 17.5 Å². The van der Waals surface area contributed by atoms with Gasteiger partial charge in [0, 0.05) is 12.5 Å². The van der Waals surface area contributed by atoms with Crippen LogP contribution in [-0.2, 0) is 9.47 Å². The zero-order valence-electron chi connectivity index (χ0n) is 13.8. The van der Waals surface area contributed by atoms with Gasteiger partial charge >= 0.3 is 17.8 Å². The zero-order valence-corrected chi connectivity index (χ0v) is 13.8. The molecule has 0 spiro atoms. The predicted octanol–water partition coefficient (Wildman–Crippen LogP) is 1.98. The van der Waals surface area contributed by atoms with Crippen LogP contribution < -0.4 is 4.74 Å². The molecule has 12 nitrogen and oxygen atoms in total. The number of benzene rings is 1. The molecular formula is C14H13N3O9. The second-order valence-electron chi connectivity index (χ2n) is 4.67. The Labute approximate surface area is 145 Å². The Balaban J connectivity index is 2.77. The van der Waals surface area contributed by atoms with Crippen molar-refractivity contribution in [1.29, 1.82) is 0 Å². The molecule has 0 atom stereocenters. The number of ether oxygens (including phenoxy) is 3. The molecule has 0 saturated heterocycles. The van der Waals surface area contributed by atoms with E-state index in [2.05, 4.69) is 19.6 Å². The number of rotatable bonds is 5. The first-order chi connectivity index (χ1) is 12.3. The van der Waals surface area contributed by atoms with Crippen LogP contribution >= 0.6 is 0 Å². The third-order valence-electron chi connectivity index (χ3n) is 3.04. The largest absolute Gasteiger partial charge is 0.513 e. The van der Waals surface area contributed by atoms with E-state index in [0.717, 1.165) is 13.2 Å². The molecule has 26 heavy (non-hydrogen) atoms. The summed E-state index contributed by atoms with van der Waals surface area (Å²) in [6.45, 7) is 2.94. The van der Waals surface area contributed by atoms with Crippen molar-refractivity contribution in [2.75, 3.05) is 13.7 Å². The summed E-state index contributed by atoms with van der Waals surface area (Å²) < 4.78 is 18.7. The first-order valence-electron chi connectivity index (χ1n) is 7.08. The molecule has 0 aliphatic carbocycles. The number of esters is 1. The molecule has 1 aromatic carbocycles. The fourth-order valence-electron chi connectivity index (χ4n) is 2.02. The average molecular weight is 367 g/mol. The summed E-state index contributed by atoms with van der Waals surface area (Å²) >= 11 is 0. The van der Waals surface area contributed by atoms with Gasteiger partial charge in [-0.2, -0.15) is 4.98 Å². The summed E-state index contributed by atoms with van der Waals surface area (Å²) in [6, 6.07) is 0.968. The lowest BCUT2D eigenvalue weighted by Gasteiger charge is -2.11. The standard InChI is InChI=1S/C14H13N3O9/c1-4-24-14(20)25-8-5-7(12-15-6(2)26-16-12)9(13(19)23-3)10(11(8)18)17(21)22/h5,18H,4H2,1-3H3. The summed E-state index contributed by atoms with van der Waals surface area (Å²) in [4.78, 5) is 37.8. The van der Waals surface area contributed by atoms with Crippen LogP contribution in [0.25, 0.3) is 11.4 Å². The van der Waals surface area contributed by atoms with Crippen molar-refractivity contribution >= 4 is 17.8 Å². The van der Waals surface area contributed by atoms with E-state index in [1.165, 1.54) is 13.8 Å². The Morgan fingerprint density at radius 1 is 1.42 bits per heavy atom. The van der Waals surface area contributed by atoms with Gasteiger partial charge < -0.3 is 23.8 Å². The molecule has 0 aliphatic rings. The van der Waals surface area contributed by atoms with E-state index in [1.54, 1.807) is 0 Å². The van der Waals surface area contributed by atoms with Gasteiger partial charge in [0.15, 0.2) is 11.3 Å². The number of nitro benzene ring substituents is 1. The summed E-state index contributed by atoms with van der Waals surface area (Å²) in [5.74, 6) is -2.92. The lowest BCUT2D eigenvalue weighted by Crippen LogP contribution is -2.13. The Hall–Kier alpha value is -3.70. The highest BCUT2D eigenvalue weighted by atomic mass is 16.7. The number of nitro groups is 1. The van der Waals surface area contributed by atoms with Crippen molar-refractivity contribution in [3.63, 3.8) is 0 Å². The highest BCUT2D eigenvalue weighted by Crippen LogP contribution is 2.44. The normalized spacial score (nSPS) is 10.3. The third-order valence-corrected chi connectivity index (χ3v) is 3.04. The molecule has 1 aromatic heterocycles. The lowest BCUT2D eigenvalue weighted by molar-refractivity contribution is -0.386. The fourth-order valence-corrected chi connectivity index (χ4v) is 2.02. The number of carbonyl (C=O) groups is 2. The molecule has 0 fully saturated rings. The predicted molar refractivity (Wildman–Crippen MR) is 81.8 cm³/mol. The molecule has 0 saturated carbocycles. The number of methoxy groups -OCH3 is 1. The Bertz CT molecular complexity index is 875. The van der Waals surface area contributed by atoms with E-state index in [-0.39, 0.29) is 23.9 Å². The van der Waals surface area contributed by atoms with Crippen LogP contribution in [0.15, 0.2) is 10.6 Å². The maximum atomic E-state index is 12.1. The van der Waals surface area contributed by atoms with Crippen LogP contribution in [0.5, 0.6) is 11.5 Å². The molecule has 2 aromatic rings. The van der Waals surface area contributed by atoms with Crippen LogP contribution in [0.2, 0.25) is 0 Å². The molecule has 1 N–H and O–H groups in total. The molecule has 0 unspecified atom stereocenters. The van der Waals surface area contributed by atoms with Crippen molar-refractivity contribution in [1.82, 2.24) is 10.1 Å². The fraction of sp³-hybridized carbons (Fsp3) is 0.286. The Kier molecular flexibility index (Phi) is 5.35. The number of aromatic nitrogens is 2. The number of nitrogens with zero attached hydrogens (tertiary/aromatic N) is 3. The monoisotopic (exact) mass is 367 g/mol. The van der Waals surface area contributed by atoms with Crippen molar-refractivity contribution in [2.45, 2.75) is 13.8 Å². The highest BCUT2D eigenvalue weighted by Gasteiger charge is 2.35. The molecule has 2 rings (SSSR count). The van der Waals surface area contributed by atoms with Gasteiger partial charge in [-0.15, -0.1) is 0 Å². The Morgan fingerprint density at radius 3 is 2.62 bits per heavy atom. The van der Waals surface area contributed by atoms with Gasteiger partial charge in [0.25, 0.3) is 0 Å². The van der Waals surface area contributed by atoms with Gasteiger partial charge in [0.05, 0.1) is 18.6 Å². The van der Waals surface area contributed by atoms with E-state index in [4.69, 9.17) is 9.26 Å². The van der Waals surface area contributed by atoms with Gasteiger partial charge in [0.1, 0.15) is 0 Å². The topological polar surface area (TPSA) is 164 Å². The quantitative estimate of drug-likeness (QED) is 0.355. The molecule has 0 radical (unpaired) electrons. The number of phenolic OH excluding ortho intramolecular Hbond substituents is 1. The molecule has 138 valence electrons. The van der Waals surface area contributed by atoms with Gasteiger partial charge in [-0.1, -0.05) is 5.16 Å². The van der Waals surface area contributed by atoms with E-state index in [1.807, 2.05) is 0 Å². The van der Waals surface area contributed by atoms with Crippen LogP contribution in [-0.4, -0.2) is 46.0 Å². The molecular weight excluding hydrogens is 354 g/mol. The van der Waals surface area contributed by atoms with E-state index in [9.17, 15) is 24.8 Å². The van der Waals surface area contributed by atoms with E-state index < -0.39 is 39.8 Å². The number of hydrogen-bond donors (Lipinski definition) is 1. The molecule has 1 heterocycles. The van der Waals surface area contributed by atoms with Crippen molar-refractivity contribution in [3.8, 4) is 22.9 Å². The summed E-state index contributed by atoms with van der Waals surface area (Å²) in [6.07, 6.45) is -1.21. The first kappa shape index (κ1) is 18.6. The van der Waals surface area contributed by atoms with Crippen molar-refractivity contribution in [3.05, 3.63) is 27.6 Å². The summed E-state index contributed by atoms with van der Waals surface area (Å²) in [7, 11) is 0.997. The minimum absolute atomic E-state index is 0.0289. The van der Waals surface area contributed by atoms with E-state index >= 15 is 0 Å². The van der Waals surface area contributed by atoms with Crippen molar-refractivity contribution in [2.24, 2.45) is 0 Å². The SMILES string of the molecule is CCOC(=O)Oc1cc(-c2noc(C)n2)c(C(=O)OC)c([N+](=O)[O-])c1O. The smallest absolute Gasteiger partial charge is 0.499 e. The van der Waals surface area contributed by atoms with Crippen LogP contribution in [0.3, 0.4) is 0 Å². The third kappa shape index (κ3) is 3.53. The van der Waals surface area contributed by atoms with Gasteiger partial charge in [-0.25, -0.2) is 9.59 Å². The Morgan fingerprint density at radius 2 is 2.12 bits per heavy atom. The number of hydrogen-bond acceptors (Lipinski definition) is 11. The number of phenols is 1. The van der Waals surface area contributed by atoms with Gasteiger partial charge in [-0.05, 0) is 13.0 Å². The summed E-state index contributed by atoms with van der Waals surface area (Å²) in [5.41, 5.74) is -1.92. The van der Waals surface area contributed by atoms with Crippen LogP contribution in [0.4, 0.5) is 10.5 Å². The first-order valence-corrected chi connectivity index (χ1v) is 7.08. The zero-order chi connectivity index (χ0) is 19.4. The molecule has 12 heteroatoms. The maximum Gasteiger partial charge on any atom is 0.513 e. The highest BCUT2D eigenvalue weighted by molar-refractivity contribution is 6.02. The number of carbonyl (C=O) groups excluding carboxylic acids is 2. The second-order valence-corrected chi connectivity index (χ2v) is 4.67.